The van der Waals surface area contributed by atoms with Gasteiger partial charge in [-0.25, -0.2) is 8.42 Å². The number of anilines is 1. The zero-order valence-electron chi connectivity index (χ0n) is 14.3. The second-order valence-corrected chi connectivity index (χ2v) is 7.59. The molecule has 0 unspecified atom stereocenters. The standard InChI is InChI=1S/C18H22N2O4S/c1-24-17-10-6-7-15(13-17)11-12-20(25(2,22)23)14-18(21)19-16-8-4-3-5-9-16/h3-10,13H,11-12,14H2,1-2H3,(H,19,21). The van der Waals surface area contributed by atoms with Crippen molar-refractivity contribution < 1.29 is 17.9 Å². The first-order valence-electron chi connectivity index (χ1n) is 7.81. The summed E-state index contributed by atoms with van der Waals surface area (Å²) in [6.07, 6.45) is 1.59. The minimum absolute atomic E-state index is 0.216. The van der Waals surface area contributed by atoms with Crippen LogP contribution in [0.4, 0.5) is 5.69 Å². The number of rotatable bonds is 8. The fourth-order valence-corrected chi connectivity index (χ4v) is 3.10. The topological polar surface area (TPSA) is 75.7 Å². The Balaban J connectivity index is 2.00. The number of hydrogen-bond acceptors (Lipinski definition) is 4. The number of carbonyl (C=O) groups is 1. The van der Waals surface area contributed by atoms with Gasteiger partial charge in [0.1, 0.15) is 5.75 Å². The Morgan fingerprint density at radius 2 is 1.84 bits per heavy atom. The molecule has 0 aliphatic carbocycles. The molecule has 7 heteroatoms. The number of nitrogens with zero attached hydrogens (tertiary/aromatic N) is 1. The fourth-order valence-electron chi connectivity index (χ4n) is 2.33. The van der Waals surface area contributed by atoms with E-state index in [1.165, 1.54) is 4.31 Å². The number of para-hydroxylation sites is 1. The van der Waals surface area contributed by atoms with Crippen molar-refractivity contribution in [2.75, 3.05) is 31.8 Å². The highest BCUT2D eigenvalue weighted by atomic mass is 32.2. The van der Waals surface area contributed by atoms with Crippen molar-refractivity contribution in [2.45, 2.75) is 6.42 Å². The molecule has 0 bridgehead atoms. The van der Waals surface area contributed by atoms with Gasteiger partial charge in [-0.2, -0.15) is 4.31 Å². The lowest BCUT2D eigenvalue weighted by molar-refractivity contribution is -0.116. The van der Waals surface area contributed by atoms with Gasteiger partial charge in [-0.15, -0.1) is 0 Å². The van der Waals surface area contributed by atoms with Crippen LogP contribution in [0.5, 0.6) is 5.75 Å². The molecular weight excluding hydrogens is 340 g/mol. The Labute approximate surface area is 148 Å². The van der Waals surface area contributed by atoms with Crippen LogP contribution in [0.3, 0.4) is 0 Å². The van der Waals surface area contributed by atoms with Crippen LogP contribution in [0.1, 0.15) is 5.56 Å². The van der Waals surface area contributed by atoms with Gasteiger partial charge in [0.05, 0.1) is 19.9 Å². The van der Waals surface area contributed by atoms with E-state index < -0.39 is 10.0 Å². The first kappa shape index (κ1) is 19.0. The number of methoxy groups -OCH3 is 1. The zero-order valence-corrected chi connectivity index (χ0v) is 15.1. The summed E-state index contributed by atoms with van der Waals surface area (Å²) in [4.78, 5) is 12.1. The van der Waals surface area contributed by atoms with Crippen molar-refractivity contribution in [1.29, 1.82) is 0 Å². The molecule has 1 amide bonds. The third kappa shape index (κ3) is 6.21. The average molecular weight is 362 g/mol. The summed E-state index contributed by atoms with van der Waals surface area (Å²) in [5.74, 6) is 0.340. The van der Waals surface area contributed by atoms with Crippen LogP contribution in [-0.2, 0) is 21.2 Å². The van der Waals surface area contributed by atoms with Crippen molar-refractivity contribution in [2.24, 2.45) is 0 Å². The number of nitrogens with one attached hydrogen (secondary N) is 1. The smallest absolute Gasteiger partial charge is 0.239 e. The molecule has 1 N–H and O–H groups in total. The highest BCUT2D eigenvalue weighted by molar-refractivity contribution is 7.88. The molecule has 0 spiro atoms. The van der Waals surface area contributed by atoms with Crippen molar-refractivity contribution >= 4 is 21.6 Å². The molecule has 0 radical (unpaired) electrons. The summed E-state index contributed by atoms with van der Waals surface area (Å²) >= 11 is 0. The predicted molar refractivity (Wildman–Crippen MR) is 98.2 cm³/mol. The first-order chi connectivity index (χ1) is 11.9. The van der Waals surface area contributed by atoms with Crippen LogP contribution in [0.25, 0.3) is 0 Å². The Morgan fingerprint density at radius 1 is 1.12 bits per heavy atom. The molecule has 0 aromatic heterocycles. The maximum Gasteiger partial charge on any atom is 0.239 e. The number of hydrogen-bond donors (Lipinski definition) is 1. The minimum Gasteiger partial charge on any atom is -0.497 e. The maximum atomic E-state index is 12.1. The number of amides is 1. The normalized spacial score (nSPS) is 11.3. The SMILES string of the molecule is COc1cccc(CCN(CC(=O)Nc2ccccc2)S(C)(=O)=O)c1. The van der Waals surface area contributed by atoms with Gasteiger partial charge in [-0.3, -0.25) is 4.79 Å². The number of ether oxygens (including phenoxy) is 1. The third-order valence-electron chi connectivity index (χ3n) is 3.63. The van der Waals surface area contributed by atoms with E-state index >= 15 is 0 Å². The lowest BCUT2D eigenvalue weighted by Crippen LogP contribution is -2.38. The second kappa shape index (κ2) is 8.64. The molecule has 0 fully saturated rings. The Bertz CT molecular complexity index is 807. The molecule has 0 aliphatic heterocycles. The van der Waals surface area contributed by atoms with Gasteiger partial charge in [-0.05, 0) is 36.2 Å². The minimum atomic E-state index is -3.50. The molecule has 0 aliphatic rings. The highest BCUT2D eigenvalue weighted by Crippen LogP contribution is 2.14. The summed E-state index contributed by atoms with van der Waals surface area (Å²) in [6.45, 7) is -0.00803. The Hall–Kier alpha value is -2.38. The van der Waals surface area contributed by atoms with Gasteiger partial charge in [0, 0.05) is 12.2 Å². The largest absolute Gasteiger partial charge is 0.497 e. The number of benzene rings is 2. The van der Waals surface area contributed by atoms with E-state index in [4.69, 9.17) is 4.74 Å². The van der Waals surface area contributed by atoms with Crippen LogP contribution < -0.4 is 10.1 Å². The van der Waals surface area contributed by atoms with Crippen molar-refractivity contribution in [1.82, 2.24) is 4.31 Å². The molecule has 0 heterocycles. The predicted octanol–water partition coefficient (Wildman–Crippen LogP) is 2.14. The number of carbonyl (C=O) groups excluding carboxylic acids is 1. The summed E-state index contributed by atoms with van der Waals surface area (Å²) in [7, 11) is -1.92. The molecule has 6 nitrogen and oxygen atoms in total. The van der Waals surface area contributed by atoms with Crippen molar-refractivity contribution in [3.8, 4) is 5.75 Å². The quantitative estimate of drug-likeness (QED) is 0.781. The maximum absolute atomic E-state index is 12.1. The molecule has 0 saturated carbocycles. The van der Waals surface area contributed by atoms with Gasteiger partial charge in [0.2, 0.25) is 15.9 Å². The molecule has 0 atom stereocenters. The van der Waals surface area contributed by atoms with Gasteiger partial charge in [0.15, 0.2) is 0 Å². The monoisotopic (exact) mass is 362 g/mol. The first-order valence-corrected chi connectivity index (χ1v) is 9.66. The molecular formula is C18H22N2O4S. The van der Waals surface area contributed by atoms with Gasteiger partial charge >= 0.3 is 0 Å². The number of sulfonamides is 1. The zero-order chi connectivity index (χ0) is 18.3. The summed E-state index contributed by atoms with van der Waals surface area (Å²) in [5, 5.41) is 2.70. The van der Waals surface area contributed by atoms with E-state index in [1.54, 1.807) is 31.4 Å². The van der Waals surface area contributed by atoms with E-state index in [0.717, 1.165) is 11.8 Å². The summed E-state index contributed by atoms with van der Waals surface area (Å²) < 4.78 is 30.3. The Morgan fingerprint density at radius 3 is 2.48 bits per heavy atom. The lowest BCUT2D eigenvalue weighted by atomic mass is 10.1. The lowest BCUT2D eigenvalue weighted by Gasteiger charge is -2.19. The van der Waals surface area contributed by atoms with Crippen LogP contribution in [0, 0.1) is 0 Å². The summed E-state index contributed by atoms with van der Waals surface area (Å²) in [6, 6.07) is 16.4. The van der Waals surface area contributed by atoms with E-state index in [9.17, 15) is 13.2 Å². The highest BCUT2D eigenvalue weighted by Gasteiger charge is 2.20. The van der Waals surface area contributed by atoms with Crippen LogP contribution >= 0.6 is 0 Å². The fraction of sp³-hybridized carbons (Fsp3) is 0.278. The van der Waals surface area contributed by atoms with Crippen LogP contribution in [-0.4, -0.2) is 45.1 Å². The van der Waals surface area contributed by atoms with Gasteiger partial charge in [-0.1, -0.05) is 30.3 Å². The Kier molecular flexibility index (Phi) is 6.55. The van der Waals surface area contributed by atoms with Crippen LogP contribution in [0.2, 0.25) is 0 Å². The molecule has 134 valence electrons. The molecule has 0 saturated heterocycles. The summed E-state index contributed by atoms with van der Waals surface area (Å²) in [5.41, 5.74) is 1.57. The van der Waals surface area contributed by atoms with Gasteiger partial charge < -0.3 is 10.1 Å². The van der Waals surface area contributed by atoms with E-state index in [2.05, 4.69) is 5.32 Å². The van der Waals surface area contributed by atoms with E-state index in [0.29, 0.717) is 17.9 Å². The molecule has 2 rings (SSSR count). The third-order valence-corrected chi connectivity index (χ3v) is 4.88. The van der Waals surface area contributed by atoms with Crippen LogP contribution in [0.15, 0.2) is 54.6 Å². The van der Waals surface area contributed by atoms with E-state index in [-0.39, 0.29) is 19.0 Å². The van der Waals surface area contributed by atoms with Crippen molar-refractivity contribution in [3.05, 3.63) is 60.2 Å². The molecule has 2 aromatic carbocycles. The molecule has 2 aromatic rings. The average Bonchev–Trinajstić information content (AvgIpc) is 2.58. The second-order valence-electron chi connectivity index (χ2n) is 5.61. The molecule has 25 heavy (non-hydrogen) atoms. The van der Waals surface area contributed by atoms with Crippen molar-refractivity contribution in [3.63, 3.8) is 0 Å². The van der Waals surface area contributed by atoms with Gasteiger partial charge in [0.25, 0.3) is 0 Å². The van der Waals surface area contributed by atoms with E-state index in [1.807, 2.05) is 30.3 Å².